The summed E-state index contributed by atoms with van der Waals surface area (Å²) in [5.74, 6) is 1.78. The Kier molecular flexibility index (Phi) is 5.31. The molecule has 2 aromatic heterocycles. The summed E-state index contributed by atoms with van der Waals surface area (Å²) in [6.07, 6.45) is 5.44. The molecule has 0 saturated heterocycles. The number of rotatable bonds is 6. The summed E-state index contributed by atoms with van der Waals surface area (Å²) in [5, 5.41) is 1.67. The Morgan fingerprint density at radius 2 is 2.04 bits per heavy atom. The van der Waals surface area contributed by atoms with Gasteiger partial charge in [-0.25, -0.2) is 4.98 Å². The Bertz CT molecular complexity index is 963. The van der Waals surface area contributed by atoms with Crippen molar-refractivity contribution < 1.29 is 4.74 Å². The smallest absolute Gasteiger partial charge is 0.262 e. The molecule has 1 aromatic carbocycles. The summed E-state index contributed by atoms with van der Waals surface area (Å²) in [6, 6.07) is 9.85. The van der Waals surface area contributed by atoms with Crippen LogP contribution < -0.4 is 10.3 Å². The standard InChI is InChI=1S/C20H22N2O2S2/c1-22-19(23)17-15-10-5-6-11-16(15)26-18(17)21-20(22)25-13-7-12-24-14-8-3-2-4-9-14/h2-4,8-9H,5-7,10-13H2,1H3. The predicted octanol–water partition coefficient (Wildman–Crippen LogP) is 4.44. The van der Waals surface area contributed by atoms with Gasteiger partial charge in [-0.3, -0.25) is 9.36 Å². The molecule has 0 unspecified atom stereocenters. The van der Waals surface area contributed by atoms with Gasteiger partial charge in [0.2, 0.25) is 0 Å². The predicted molar refractivity (Wildman–Crippen MR) is 109 cm³/mol. The maximum Gasteiger partial charge on any atom is 0.262 e. The number of hydrogen-bond acceptors (Lipinski definition) is 5. The van der Waals surface area contributed by atoms with Crippen molar-refractivity contribution >= 4 is 33.3 Å². The van der Waals surface area contributed by atoms with E-state index in [1.807, 2.05) is 37.4 Å². The maximum absolute atomic E-state index is 12.8. The van der Waals surface area contributed by atoms with E-state index < -0.39 is 0 Å². The first-order valence-electron chi connectivity index (χ1n) is 9.06. The molecular weight excluding hydrogens is 364 g/mol. The fourth-order valence-corrected chi connectivity index (χ4v) is 5.51. The van der Waals surface area contributed by atoms with Crippen LogP contribution >= 0.6 is 23.1 Å². The van der Waals surface area contributed by atoms with Crippen LogP contribution in [0, 0.1) is 0 Å². The van der Waals surface area contributed by atoms with Crippen LogP contribution in [0.4, 0.5) is 0 Å². The van der Waals surface area contributed by atoms with Crippen LogP contribution in [0.15, 0.2) is 40.3 Å². The van der Waals surface area contributed by atoms with E-state index in [1.165, 1.54) is 23.3 Å². The molecule has 0 spiro atoms. The molecular formula is C20H22N2O2S2. The minimum atomic E-state index is 0.109. The highest BCUT2D eigenvalue weighted by Crippen LogP contribution is 2.34. The molecule has 3 aromatic rings. The molecule has 0 amide bonds. The maximum atomic E-state index is 12.8. The Morgan fingerprint density at radius 1 is 1.23 bits per heavy atom. The summed E-state index contributed by atoms with van der Waals surface area (Å²) in [4.78, 5) is 19.9. The van der Waals surface area contributed by atoms with E-state index in [9.17, 15) is 4.79 Å². The normalized spacial score (nSPS) is 13.7. The minimum absolute atomic E-state index is 0.109. The van der Waals surface area contributed by atoms with Crippen molar-refractivity contribution in [3.8, 4) is 5.75 Å². The fraction of sp³-hybridized carbons (Fsp3) is 0.400. The number of benzene rings is 1. The second-order valence-corrected chi connectivity index (χ2v) is 8.66. The van der Waals surface area contributed by atoms with E-state index >= 15 is 0 Å². The first-order chi connectivity index (χ1) is 12.7. The van der Waals surface area contributed by atoms with E-state index in [0.717, 1.165) is 46.1 Å². The molecule has 26 heavy (non-hydrogen) atoms. The number of hydrogen-bond donors (Lipinski definition) is 0. The van der Waals surface area contributed by atoms with Gasteiger partial charge in [0.05, 0.1) is 12.0 Å². The van der Waals surface area contributed by atoms with Gasteiger partial charge in [-0.1, -0.05) is 30.0 Å². The Morgan fingerprint density at radius 3 is 2.88 bits per heavy atom. The lowest BCUT2D eigenvalue weighted by Gasteiger charge is -2.11. The summed E-state index contributed by atoms with van der Waals surface area (Å²) in [7, 11) is 1.84. The topological polar surface area (TPSA) is 44.1 Å². The molecule has 0 bridgehead atoms. The highest BCUT2D eigenvalue weighted by Gasteiger charge is 2.21. The van der Waals surface area contributed by atoms with Gasteiger partial charge in [0.25, 0.3) is 5.56 Å². The Balaban J connectivity index is 1.43. The van der Waals surface area contributed by atoms with Crippen molar-refractivity contribution in [2.75, 3.05) is 12.4 Å². The second kappa shape index (κ2) is 7.84. The van der Waals surface area contributed by atoms with E-state index in [0.29, 0.717) is 6.61 Å². The number of aryl methyl sites for hydroxylation is 2. The van der Waals surface area contributed by atoms with Gasteiger partial charge in [0, 0.05) is 17.7 Å². The number of fused-ring (bicyclic) bond motifs is 3. The highest BCUT2D eigenvalue weighted by atomic mass is 32.2. The fourth-order valence-electron chi connectivity index (χ4n) is 3.33. The van der Waals surface area contributed by atoms with Crippen molar-refractivity contribution in [3.63, 3.8) is 0 Å². The van der Waals surface area contributed by atoms with E-state index in [-0.39, 0.29) is 5.56 Å². The van der Waals surface area contributed by atoms with Gasteiger partial charge in [0.1, 0.15) is 10.6 Å². The van der Waals surface area contributed by atoms with Gasteiger partial charge < -0.3 is 4.74 Å². The molecule has 0 aliphatic heterocycles. The third-order valence-electron chi connectivity index (χ3n) is 4.69. The zero-order chi connectivity index (χ0) is 17.9. The van der Waals surface area contributed by atoms with Gasteiger partial charge in [-0.2, -0.15) is 0 Å². The molecule has 0 N–H and O–H groups in total. The van der Waals surface area contributed by atoms with Crippen molar-refractivity contribution in [1.29, 1.82) is 0 Å². The van der Waals surface area contributed by atoms with Gasteiger partial charge in [-0.15, -0.1) is 11.3 Å². The number of aromatic nitrogens is 2. The monoisotopic (exact) mass is 386 g/mol. The van der Waals surface area contributed by atoms with Crippen LogP contribution in [0.1, 0.15) is 29.7 Å². The van der Waals surface area contributed by atoms with E-state index in [2.05, 4.69) is 0 Å². The lowest BCUT2D eigenvalue weighted by Crippen LogP contribution is -2.20. The van der Waals surface area contributed by atoms with Crippen molar-refractivity contribution in [3.05, 3.63) is 51.1 Å². The summed E-state index contributed by atoms with van der Waals surface area (Å²) in [6.45, 7) is 0.667. The van der Waals surface area contributed by atoms with Crippen LogP contribution in [-0.2, 0) is 19.9 Å². The number of para-hydroxylation sites is 1. The zero-order valence-electron chi connectivity index (χ0n) is 14.9. The van der Waals surface area contributed by atoms with Crippen molar-refractivity contribution in [2.45, 2.75) is 37.3 Å². The molecule has 1 aliphatic rings. The Labute approximate surface area is 161 Å². The van der Waals surface area contributed by atoms with Gasteiger partial charge in [-0.05, 0) is 49.8 Å². The minimum Gasteiger partial charge on any atom is -0.494 e. The molecule has 6 heteroatoms. The molecule has 0 fully saturated rings. The number of nitrogens with zero attached hydrogens (tertiary/aromatic N) is 2. The van der Waals surface area contributed by atoms with Crippen LogP contribution in [0.25, 0.3) is 10.2 Å². The van der Waals surface area contributed by atoms with E-state index in [1.54, 1.807) is 27.7 Å². The molecule has 0 radical (unpaired) electrons. The summed E-state index contributed by atoms with van der Waals surface area (Å²) < 4.78 is 7.44. The highest BCUT2D eigenvalue weighted by molar-refractivity contribution is 7.99. The first-order valence-corrected chi connectivity index (χ1v) is 10.9. The average molecular weight is 387 g/mol. The van der Waals surface area contributed by atoms with Crippen LogP contribution in [0.3, 0.4) is 0 Å². The Hall–Kier alpha value is -1.79. The number of thioether (sulfide) groups is 1. The number of ether oxygens (including phenoxy) is 1. The van der Waals surface area contributed by atoms with Crippen LogP contribution in [0.5, 0.6) is 5.75 Å². The lowest BCUT2D eigenvalue weighted by molar-refractivity contribution is 0.318. The molecule has 2 heterocycles. The largest absolute Gasteiger partial charge is 0.494 e. The van der Waals surface area contributed by atoms with Gasteiger partial charge >= 0.3 is 0 Å². The number of thiophene rings is 1. The zero-order valence-corrected chi connectivity index (χ0v) is 16.5. The molecule has 136 valence electrons. The SMILES string of the molecule is Cn1c(SCCCOc2ccccc2)nc2sc3c(c2c1=O)CCCC3. The average Bonchev–Trinajstić information content (AvgIpc) is 3.04. The van der Waals surface area contributed by atoms with E-state index in [4.69, 9.17) is 9.72 Å². The first kappa shape index (κ1) is 17.6. The molecule has 4 nitrogen and oxygen atoms in total. The lowest BCUT2D eigenvalue weighted by atomic mass is 9.97. The quantitative estimate of drug-likeness (QED) is 0.357. The second-order valence-electron chi connectivity index (χ2n) is 6.51. The van der Waals surface area contributed by atoms with Crippen molar-refractivity contribution in [1.82, 2.24) is 9.55 Å². The molecule has 4 rings (SSSR count). The van der Waals surface area contributed by atoms with Crippen LogP contribution in [0.2, 0.25) is 0 Å². The summed E-state index contributed by atoms with van der Waals surface area (Å²) in [5.41, 5.74) is 1.37. The molecule has 0 saturated carbocycles. The van der Waals surface area contributed by atoms with Crippen molar-refractivity contribution in [2.24, 2.45) is 7.05 Å². The molecule has 1 aliphatic carbocycles. The van der Waals surface area contributed by atoms with Gasteiger partial charge in [0.15, 0.2) is 5.16 Å². The summed E-state index contributed by atoms with van der Waals surface area (Å²) >= 11 is 3.35. The molecule has 0 atom stereocenters. The third kappa shape index (κ3) is 3.53. The van der Waals surface area contributed by atoms with Crippen LogP contribution in [-0.4, -0.2) is 21.9 Å². The third-order valence-corrected chi connectivity index (χ3v) is 6.99.